The number of benzene rings is 2. The number of nitrogens with two attached hydrogens (primary N) is 1. The predicted octanol–water partition coefficient (Wildman–Crippen LogP) is 3.37. The molecule has 0 saturated heterocycles. The van der Waals surface area contributed by atoms with Crippen molar-refractivity contribution in [2.45, 2.75) is 19.9 Å². The quantitative estimate of drug-likeness (QED) is 0.927. The molecule has 0 aromatic heterocycles. The van der Waals surface area contributed by atoms with Gasteiger partial charge in [-0.3, -0.25) is 0 Å². The first kappa shape index (κ1) is 14.4. The first-order valence-electron chi connectivity index (χ1n) is 6.61. The topological polar surface area (TPSA) is 44.5 Å². The highest BCUT2D eigenvalue weighted by Crippen LogP contribution is 2.30. The zero-order chi connectivity index (χ0) is 14.7. The molecule has 1 atom stereocenters. The Hall–Kier alpha value is -2.00. The van der Waals surface area contributed by atoms with E-state index in [1.165, 1.54) is 11.1 Å². The van der Waals surface area contributed by atoms with Crippen LogP contribution in [0.5, 0.6) is 11.5 Å². The summed E-state index contributed by atoms with van der Waals surface area (Å²) in [6, 6.07) is 11.9. The monoisotopic (exact) mass is 271 g/mol. The maximum Gasteiger partial charge on any atom is 0.122 e. The van der Waals surface area contributed by atoms with Gasteiger partial charge in [-0.05, 0) is 42.7 Å². The van der Waals surface area contributed by atoms with Gasteiger partial charge in [0.1, 0.15) is 11.5 Å². The maximum atomic E-state index is 6.40. The van der Waals surface area contributed by atoms with E-state index in [0.717, 1.165) is 22.6 Å². The summed E-state index contributed by atoms with van der Waals surface area (Å²) in [5.41, 5.74) is 10.9. The molecule has 0 bridgehead atoms. The summed E-state index contributed by atoms with van der Waals surface area (Å²) >= 11 is 0. The van der Waals surface area contributed by atoms with Crippen molar-refractivity contribution >= 4 is 0 Å². The third kappa shape index (κ3) is 2.94. The molecule has 0 aliphatic rings. The van der Waals surface area contributed by atoms with Crippen LogP contribution < -0.4 is 15.2 Å². The number of methoxy groups -OCH3 is 2. The Morgan fingerprint density at radius 3 is 2.00 bits per heavy atom. The summed E-state index contributed by atoms with van der Waals surface area (Å²) in [5.74, 6) is 1.50. The molecule has 0 fully saturated rings. The molecule has 0 radical (unpaired) electrons. The molecular weight excluding hydrogens is 250 g/mol. The van der Waals surface area contributed by atoms with Crippen LogP contribution in [0.2, 0.25) is 0 Å². The van der Waals surface area contributed by atoms with Gasteiger partial charge in [0.05, 0.1) is 20.3 Å². The number of hydrogen-bond donors (Lipinski definition) is 1. The van der Waals surface area contributed by atoms with Crippen LogP contribution in [0.1, 0.15) is 28.3 Å². The van der Waals surface area contributed by atoms with Crippen molar-refractivity contribution < 1.29 is 9.47 Å². The zero-order valence-corrected chi connectivity index (χ0v) is 12.4. The molecule has 20 heavy (non-hydrogen) atoms. The number of hydrogen-bond acceptors (Lipinski definition) is 3. The number of aryl methyl sites for hydroxylation is 2. The van der Waals surface area contributed by atoms with Gasteiger partial charge in [0.2, 0.25) is 0 Å². The van der Waals surface area contributed by atoms with Crippen LogP contribution in [0.25, 0.3) is 0 Å². The van der Waals surface area contributed by atoms with Crippen LogP contribution in [-0.2, 0) is 0 Å². The first-order chi connectivity index (χ1) is 9.55. The van der Waals surface area contributed by atoms with Crippen LogP contribution in [0, 0.1) is 13.8 Å². The van der Waals surface area contributed by atoms with Gasteiger partial charge in [-0.25, -0.2) is 0 Å². The zero-order valence-electron chi connectivity index (χ0n) is 12.4. The lowest BCUT2D eigenvalue weighted by atomic mass is 9.94. The van der Waals surface area contributed by atoms with Crippen molar-refractivity contribution in [1.29, 1.82) is 0 Å². The van der Waals surface area contributed by atoms with Crippen LogP contribution >= 0.6 is 0 Å². The predicted molar refractivity (Wildman–Crippen MR) is 81.5 cm³/mol. The Bertz CT molecular complexity index is 586. The third-order valence-electron chi connectivity index (χ3n) is 3.49. The molecule has 2 N–H and O–H groups in total. The van der Waals surface area contributed by atoms with Crippen molar-refractivity contribution in [2.24, 2.45) is 5.73 Å². The van der Waals surface area contributed by atoms with Crippen molar-refractivity contribution in [1.82, 2.24) is 0 Å². The SMILES string of the molecule is COc1cc(OC)cc(C(N)c2ccc(C)cc2C)c1. The largest absolute Gasteiger partial charge is 0.497 e. The molecule has 0 saturated carbocycles. The van der Waals surface area contributed by atoms with Gasteiger partial charge in [-0.1, -0.05) is 23.8 Å². The fourth-order valence-corrected chi connectivity index (χ4v) is 2.36. The van der Waals surface area contributed by atoms with Gasteiger partial charge in [-0.15, -0.1) is 0 Å². The summed E-state index contributed by atoms with van der Waals surface area (Å²) in [6.07, 6.45) is 0. The summed E-state index contributed by atoms with van der Waals surface area (Å²) in [5, 5.41) is 0. The van der Waals surface area contributed by atoms with Crippen LogP contribution in [0.4, 0.5) is 0 Å². The highest BCUT2D eigenvalue weighted by molar-refractivity contribution is 5.45. The fraction of sp³-hybridized carbons (Fsp3) is 0.294. The first-order valence-corrected chi connectivity index (χ1v) is 6.61. The second-order valence-electron chi connectivity index (χ2n) is 4.98. The van der Waals surface area contributed by atoms with Gasteiger partial charge in [-0.2, -0.15) is 0 Å². The Morgan fingerprint density at radius 2 is 1.50 bits per heavy atom. The van der Waals surface area contributed by atoms with Crippen LogP contribution in [-0.4, -0.2) is 14.2 Å². The number of ether oxygens (including phenoxy) is 2. The molecule has 2 aromatic carbocycles. The second kappa shape index (κ2) is 5.97. The van der Waals surface area contributed by atoms with E-state index in [1.807, 2.05) is 18.2 Å². The third-order valence-corrected chi connectivity index (χ3v) is 3.49. The average Bonchev–Trinajstić information content (AvgIpc) is 2.46. The molecule has 106 valence electrons. The molecule has 1 unspecified atom stereocenters. The van der Waals surface area contributed by atoms with Crippen molar-refractivity contribution in [2.75, 3.05) is 14.2 Å². The normalized spacial score (nSPS) is 12.1. The van der Waals surface area contributed by atoms with Gasteiger partial charge in [0.15, 0.2) is 0 Å². The van der Waals surface area contributed by atoms with E-state index in [-0.39, 0.29) is 6.04 Å². The number of rotatable bonds is 4. The van der Waals surface area contributed by atoms with Crippen LogP contribution in [0.15, 0.2) is 36.4 Å². The standard InChI is InChI=1S/C17H21NO2/c1-11-5-6-16(12(2)7-11)17(18)13-8-14(19-3)10-15(9-13)20-4/h5-10,17H,18H2,1-4H3. The summed E-state index contributed by atoms with van der Waals surface area (Å²) in [4.78, 5) is 0. The minimum absolute atomic E-state index is 0.195. The van der Waals surface area contributed by atoms with Gasteiger partial charge in [0, 0.05) is 6.07 Å². The van der Waals surface area contributed by atoms with Gasteiger partial charge >= 0.3 is 0 Å². The molecule has 2 aromatic rings. The molecule has 0 heterocycles. The van der Waals surface area contributed by atoms with Crippen molar-refractivity contribution in [3.63, 3.8) is 0 Å². The Kier molecular flexibility index (Phi) is 4.30. The van der Waals surface area contributed by atoms with Gasteiger partial charge in [0.25, 0.3) is 0 Å². The average molecular weight is 271 g/mol. The maximum absolute atomic E-state index is 6.40. The summed E-state index contributed by atoms with van der Waals surface area (Å²) in [6.45, 7) is 4.16. The minimum atomic E-state index is -0.195. The molecule has 3 heteroatoms. The molecule has 0 aliphatic carbocycles. The molecule has 2 rings (SSSR count). The minimum Gasteiger partial charge on any atom is -0.497 e. The smallest absolute Gasteiger partial charge is 0.122 e. The van der Waals surface area contributed by atoms with E-state index in [9.17, 15) is 0 Å². The fourth-order valence-electron chi connectivity index (χ4n) is 2.36. The lowest BCUT2D eigenvalue weighted by Crippen LogP contribution is -2.13. The van der Waals surface area contributed by atoms with E-state index in [4.69, 9.17) is 15.2 Å². The molecule has 0 aliphatic heterocycles. The summed E-state index contributed by atoms with van der Waals surface area (Å²) < 4.78 is 10.6. The Labute approximate surface area is 120 Å². The van der Waals surface area contributed by atoms with Gasteiger partial charge < -0.3 is 15.2 Å². The van der Waals surface area contributed by atoms with E-state index in [1.54, 1.807) is 14.2 Å². The Morgan fingerprint density at radius 1 is 0.900 bits per heavy atom. The van der Waals surface area contributed by atoms with Crippen molar-refractivity contribution in [3.05, 3.63) is 58.7 Å². The van der Waals surface area contributed by atoms with Crippen LogP contribution in [0.3, 0.4) is 0 Å². The van der Waals surface area contributed by atoms with E-state index >= 15 is 0 Å². The Balaban J connectivity index is 2.44. The highest BCUT2D eigenvalue weighted by Gasteiger charge is 2.14. The molecule has 0 spiro atoms. The molecule has 0 amide bonds. The lowest BCUT2D eigenvalue weighted by Gasteiger charge is -2.17. The lowest BCUT2D eigenvalue weighted by molar-refractivity contribution is 0.393. The van der Waals surface area contributed by atoms with E-state index < -0.39 is 0 Å². The summed E-state index contributed by atoms with van der Waals surface area (Å²) in [7, 11) is 3.28. The highest BCUT2D eigenvalue weighted by atomic mass is 16.5. The molecular formula is C17H21NO2. The van der Waals surface area contributed by atoms with E-state index in [2.05, 4.69) is 32.0 Å². The molecule has 3 nitrogen and oxygen atoms in total. The second-order valence-corrected chi connectivity index (χ2v) is 4.98. The van der Waals surface area contributed by atoms with E-state index in [0.29, 0.717) is 0 Å². The van der Waals surface area contributed by atoms with Crippen molar-refractivity contribution in [3.8, 4) is 11.5 Å².